The molecule has 0 amide bonds. The second-order valence-corrected chi connectivity index (χ2v) is 5.32. The molecule has 21 heavy (non-hydrogen) atoms. The number of aryl methyl sites for hydroxylation is 1. The van der Waals surface area contributed by atoms with Crippen molar-refractivity contribution in [1.29, 1.82) is 0 Å². The van der Waals surface area contributed by atoms with Crippen LogP contribution in [0.4, 0.5) is 0 Å². The normalized spacial score (nSPS) is 16.7. The molecule has 0 spiro atoms. The summed E-state index contributed by atoms with van der Waals surface area (Å²) in [5, 5.41) is 0. The van der Waals surface area contributed by atoms with Gasteiger partial charge in [-0.1, -0.05) is 12.1 Å². The van der Waals surface area contributed by atoms with Crippen LogP contribution in [0, 0.1) is 0 Å². The van der Waals surface area contributed by atoms with Gasteiger partial charge in [0, 0.05) is 12.0 Å². The molecule has 1 heterocycles. The van der Waals surface area contributed by atoms with E-state index in [0.29, 0.717) is 5.56 Å². The third kappa shape index (κ3) is 3.07. The van der Waals surface area contributed by atoms with Crippen LogP contribution >= 0.6 is 0 Å². The largest absolute Gasteiger partial charge is 0.497 e. The Morgan fingerprint density at radius 1 is 1.24 bits per heavy atom. The lowest BCUT2D eigenvalue weighted by Crippen LogP contribution is -2.25. The molecular weight excluding hydrogens is 264 g/mol. The van der Waals surface area contributed by atoms with Crippen LogP contribution in [0.5, 0.6) is 11.5 Å². The molecule has 1 atom stereocenters. The Kier molecular flexibility index (Phi) is 3.91. The number of benzene rings is 2. The first-order valence-corrected chi connectivity index (χ1v) is 7.16. The van der Waals surface area contributed by atoms with Crippen LogP contribution in [0.3, 0.4) is 0 Å². The van der Waals surface area contributed by atoms with Gasteiger partial charge in [-0.25, -0.2) is 0 Å². The van der Waals surface area contributed by atoms with E-state index >= 15 is 0 Å². The Morgan fingerprint density at radius 3 is 2.76 bits per heavy atom. The SMILES string of the molecule is COc1ccc(C[C@@H]2CCc3cc(C=O)ccc3O2)cc1. The van der Waals surface area contributed by atoms with E-state index in [1.165, 1.54) is 5.56 Å². The van der Waals surface area contributed by atoms with E-state index in [2.05, 4.69) is 12.1 Å². The van der Waals surface area contributed by atoms with E-state index in [-0.39, 0.29) is 6.10 Å². The maximum absolute atomic E-state index is 10.8. The van der Waals surface area contributed by atoms with Crippen molar-refractivity contribution in [3.8, 4) is 11.5 Å². The summed E-state index contributed by atoms with van der Waals surface area (Å²) in [6, 6.07) is 13.7. The minimum atomic E-state index is 0.188. The number of ether oxygens (including phenoxy) is 2. The van der Waals surface area contributed by atoms with Crippen molar-refractivity contribution in [2.45, 2.75) is 25.4 Å². The van der Waals surface area contributed by atoms with Gasteiger partial charge in [0.05, 0.1) is 7.11 Å². The first-order valence-electron chi connectivity index (χ1n) is 7.16. The molecule has 3 rings (SSSR count). The van der Waals surface area contributed by atoms with Gasteiger partial charge in [-0.2, -0.15) is 0 Å². The van der Waals surface area contributed by atoms with Crippen LogP contribution in [-0.2, 0) is 12.8 Å². The quantitative estimate of drug-likeness (QED) is 0.806. The monoisotopic (exact) mass is 282 g/mol. The van der Waals surface area contributed by atoms with Gasteiger partial charge < -0.3 is 9.47 Å². The minimum Gasteiger partial charge on any atom is -0.497 e. The first kappa shape index (κ1) is 13.7. The van der Waals surface area contributed by atoms with E-state index in [4.69, 9.17) is 9.47 Å². The summed E-state index contributed by atoms with van der Waals surface area (Å²) in [6.07, 6.45) is 3.88. The van der Waals surface area contributed by atoms with Crippen molar-refractivity contribution < 1.29 is 14.3 Å². The van der Waals surface area contributed by atoms with Crippen LogP contribution in [-0.4, -0.2) is 19.5 Å². The number of rotatable bonds is 4. The number of fused-ring (bicyclic) bond motifs is 1. The van der Waals surface area contributed by atoms with Crippen molar-refractivity contribution in [2.24, 2.45) is 0 Å². The Morgan fingerprint density at radius 2 is 2.05 bits per heavy atom. The fourth-order valence-electron chi connectivity index (χ4n) is 2.71. The van der Waals surface area contributed by atoms with Gasteiger partial charge in [-0.3, -0.25) is 4.79 Å². The van der Waals surface area contributed by atoms with Gasteiger partial charge in [0.1, 0.15) is 23.9 Å². The number of aldehydes is 1. The average Bonchev–Trinajstić information content (AvgIpc) is 2.55. The third-order valence-electron chi connectivity index (χ3n) is 3.87. The zero-order valence-electron chi connectivity index (χ0n) is 12.0. The molecule has 0 N–H and O–H groups in total. The maximum Gasteiger partial charge on any atom is 0.150 e. The molecule has 108 valence electrons. The molecule has 0 saturated carbocycles. The van der Waals surface area contributed by atoms with Gasteiger partial charge in [0.15, 0.2) is 0 Å². The van der Waals surface area contributed by atoms with Crippen molar-refractivity contribution in [3.63, 3.8) is 0 Å². The molecule has 1 aliphatic heterocycles. The zero-order chi connectivity index (χ0) is 14.7. The molecule has 3 nitrogen and oxygen atoms in total. The second kappa shape index (κ2) is 6.00. The molecule has 2 aromatic rings. The van der Waals surface area contributed by atoms with Crippen molar-refractivity contribution in [1.82, 2.24) is 0 Å². The standard InChI is InChI=1S/C18H18O3/c1-20-16-6-2-13(3-7-16)11-17-8-5-15-10-14(12-19)4-9-18(15)21-17/h2-4,6-7,9-10,12,17H,5,8,11H2,1H3/t17-/m0/s1. The van der Waals surface area contributed by atoms with E-state index < -0.39 is 0 Å². The Hall–Kier alpha value is -2.29. The Balaban J connectivity index is 1.69. The summed E-state index contributed by atoms with van der Waals surface area (Å²) >= 11 is 0. The van der Waals surface area contributed by atoms with Gasteiger partial charge in [0.2, 0.25) is 0 Å². The van der Waals surface area contributed by atoms with Crippen molar-refractivity contribution >= 4 is 6.29 Å². The van der Waals surface area contributed by atoms with E-state index in [9.17, 15) is 4.79 Å². The molecule has 0 aliphatic carbocycles. The predicted molar refractivity (Wildman–Crippen MR) is 81.3 cm³/mol. The van der Waals surface area contributed by atoms with Crippen molar-refractivity contribution in [2.75, 3.05) is 7.11 Å². The van der Waals surface area contributed by atoms with Crippen molar-refractivity contribution in [3.05, 3.63) is 59.2 Å². The van der Waals surface area contributed by atoms with Gasteiger partial charge in [-0.15, -0.1) is 0 Å². The maximum atomic E-state index is 10.8. The number of carbonyl (C=O) groups excluding carboxylic acids is 1. The third-order valence-corrected chi connectivity index (χ3v) is 3.87. The molecule has 0 saturated heterocycles. The summed E-state index contributed by atoms with van der Waals surface area (Å²) in [5.74, 6) is 1.78. The molecule has 0 bridgehead atoms. The summed E-state index contributed by atoms with van der Waals surface area (Å²) in [5.41, 5.74) is 3.09. The minimum absolute atomic E-state index is 0.188. The lowest BCUT2D eigenvalue weighted by molar-refractivity contribution is 0.112. The molecule has 0 fully saturated rings. The molecule has 0 radical (unpaired) electrons. The van der Waals surface area contributed by atoms with Crippen LogP contribution in [0.25, 0.3) is 0 Å². The summed E-state index contributed by atoms with van der Waals surface area (Å²) in [4.78, 5) is 10.8. The highest BCUT2D eigenvalue weighted by molar-refractivity contribution is 5.75. The molecule has 2 aromatic carbocycles. The lowest BCUT2D eigenvalue weighted by atomic mass is 9.96. The summed E-state index contributed by atoms with van der Waals surface area (Å²) < 4.78 is 11.2. The molecule has 0 unspecified atom stereocenters. The fourth-order valence-corrected chi connectivity index (χ4v) is 2.71. The Bertz CT molecular complexity index is 631. The summed E-state index contributed by atoms with van der Waals surface area (Å²) in [6.45, 7) is 0. The average molecular weight is 282 g/mol. The number of hydrogen-bond acceptors (Lipinski definition) is 3. The zero-order valence-corrected chi connectivity index (χ0v) is 12.0. The van der Waals surface area contributed by atoms with E-state index in [1.807, 2.05) is 30.3 Å². The van der Waals surface area contributed by atoms with Crippen LogP contribution in [0.1, 0.15) is 27.9 Å². The highest BCUT2D eigenvalue weighted by Gasteiger charge is 2.20. The van der Waals surface area contributed by atoms with Crippen LogP contribution in [0.15, 0.2) is 42.5 Å². The lowest BCUT2D eigenvalue weighted by Gasteiger charge is -2.26. The fraction of sp³-hybridized carbons (Fsp3) is 0.278. The number of carbonyl (C=O) groups is 1. The summed E-state index contributed by atoms with van der Waals surface area (Å²) in [7, 11) is 1.67. The highest BCUT2D eigenvalue weighted by Crippen LogP contribution is 2.29. The smallest absolute Gasteiger partial charge is 0.150 e. The predicted octanol–water partition coefficient (Wildman–Crippen LogP) is 3.44. The van der Waals surface area contributed by atoms with Gasteiger partial charge >= 0.3 is 0 Å². The molecular formula is C18H18O3. The van der Waals surface area contributed by atoms with E-state index in [1.54, 1.807) is 7.11 Å². The molecule has 1 aliphatic rings. The van der Waals surface area contributed by atoms with Crippen LogP contribution in [0.2, 0.25) is 0 Å². The van der Waals surface area contributed by atoms with Gasteiger partial charge in [-0.05, 0) is 54.3 Å². The first-order chi connectivity index (χ1) is 10.3. The molecule has 0 aromatic heterocycles. The van der Waals surface area contributed by atoms with Crippen LogP contribution < -0.4 is 9.47 Å². The number of methoxy groups -OCH3 is 1. The molecule has 3 heteroatoms. The topological polar surface area (TPSA) is 35.5 Å². The second-order valence-electron chi connectivity index (χ2n) is 5.32. The number of hydrogen-bond donors (Lipinski definition) is 0. The van der Waals surface area contributed by atoms with Gasteiger partial charge in [0.25, 0.3) is 0 Å². The highest BCUT2D eigenvalue weighted by atomic mass is 16.5. The van der Waals surface area contributed by atoms with E-state index in [0.717, 1.165) is 42.6 Å². The Labute approximate surface area is 124 Å².